The third-order valence-electron chi connectivity index (χ3n) is 3.74. The number of methoxy groups -OCH3 is 1. The minimum absolute atomic E-state index is 0.0488. The maximum atomic E-state index is 12.1. The number of carbonyl (C=O) groups excluding carboxylic acids is 1. The van der Waals surface area contributed by atoms with E-state index in [0.29, 0.717) is 12.3 Å². The molecule has 0 unspecified atom stereocenters. The summed E-state index contributed by atoms with van der Waals surface area (Å²) < 4.78 is 5.10. The first-order chi connectivity index (χ1) is 9.17. The van der Waals surface area contributed by atoms with Gasteiger partial charge < -0.3 is 10.1 Å². The minimum atomic E-state index is -0.175. The van der Waals surface area contributed by atoms with Crippen molar-refractivity contribution in [2.45, 2.75) is 37.6 Å². The lowest BCUT2D eigenvalue weighted by Gasteiger charge is -2.27. The summed E-state index contributed by atoms with van der Waals surface area (Å²) in [6.45, 7) is 0. The van der Waals surface area contributed by atoms with E-state index in [0.717, 1.165) is 37.0 Å². The molecular weight excluding hydrogens is 262 g/mol. The van der Waals surface area contributed by atoms with Crippen LogP contribution in [0.4, 0.5) is 0 Å². The zero-order valence-electron chi connectivity index (χ0n) is 11.2. The number of hydrogen-bond donors (Lipinski definition) is 1. The fourth-order valence-electron chi connectivity index (χ4n) is 2.61. The molecule has 0 saturated heterocycles. The first-order valence-corrected chi connectivity index (χ1v) is 7.21. The molecular formula is C15H20ClNO2. The summed E-state index contributed by atoms with van der Waals surface area (Å²) in [4.78, 5) is 12.1. The van der Waals surface area contributed by atoms with Crippen molar-refractivity contribution in [3.05, 3.63) is 29.8 Å². The van der Waals surface area contributed by atoms with E-state index in [1.165, 1.54) is 0 Å². The fraction of sp³-hybridized carbons (Fsp3) is 0.533. The Morgan fingerprint density at radius 3 is 2.47 bits per heavy atom. The zero-order chi connectivity index (χ0) is 13.7. The van der Waals surface area contributed by atoms with Gasteiger partial charge in [0.05, 0.1) is 19.1 Å². The molecule has 1 N–H and O–H groups in total. The van der Waals surface area contributed by atoms with Gasteiger partial charge in [0, 0.05) is 5.88 Å². The highest BCUT2D eigenvalue weighted by molar-refractivity contribution is 6.18. The average Bonchev–Trinajstić information content (AvgIpc) is 2.88. The molecule has 1 amide bonds. The highest BCUT2D eigenvalue weighted by Gasteiger charge is 2.34. The Bertz CT molecular complexity index is 424. The number of benzene rings is 1. The number of hydrogen-bond acceptors (Lipinski definition) is 2. The van der Waals surface area contributed by atoms with Gasteiger partial charge in [0.25, 0.3) is 0 Å². The molecule has 0 aliphatic heterocycles. The van der Waals surface area contributed by atoms with Crippen molar-refractivity contribution in [2.75, 3.05) is 13.0 Å². The Hall–Kier alpha value is -1.22. The molecule has 1 aromatic carbocycles. The van der Waals surface area contributed by atoms with Crippen LogP contribution < -0.4 is 10.1 Å². The Morgan fingerprint density at radius 1 is 1.32 bits per heavy atom. The normalized spacial score (nSPS) is 17.2. The Labute approximate surface area is 119 Å². The molecule has 0 aromatic heterocycles. The molecule has 1 saturated carbocycles. The summed E-state index contributed by atoms with van der Waals surface area (Å²) in [7, 11) is 1.63. The number of halogens is 1. The maximum absolute atomic E-state index is 12.1. The van der Waals surface area contributed by atoms with Gasteiger partial charge in [-0.15, -0.1) is 11.6 Å². The number of carbonyl (C=O) groups is 1. The van der Waals surface area contributed by atoms with Crippen LogP contribution in [0, 0.1) is 0 Å². The van der Waals surface area contributed by atoms with E-state index < -0.39 is 0 Å². The summed E-state index contributed by atoms with van der Waals surface area (Å²) in [5.74, 6) is 1.35. The van der Waals surface area contributed by atoms with E-state index in [4.69, 9.17) is 16.3 Å². The molecule has 1 aliphatic rings. The molecule has 19 heavy (non-hydrogen) atoms. The van der Waals surface area contributed by atoms with Gasteiger partial charge in [-0.3, -0.25) is 4.79 Å². The number of rotatable bonds is 5. The van der Waals surface area contributed by atoms with Gasteiger partial charge in [-0.2, -0.15) is 0 Å². The Balaban J connectivity index is 1.93. The molecule has 1 fully saturated rings. The van der Waals surface area contributed by atoms with Crippen LogP contribution in [0.2, 0.25) is 0 Å². The van der Waals surface area contributed by atoms with Crippen molar-refractivity contribution < 1.29 is 9.53 Å². The van der Waals surface area contributed by atoms with Gasteiger partial charge in [0.15, 0.2) is 0 Å². The van der Waals surface area contributed by atoms with Crippen molar-refractivity contribution in [2.24, 2.45) is 0 Å². The number of amides is 1. The summed E-state index contributed by atoms with van der Waals surface area (Å²) in [5, 5.41) is 3.12. The van der Waals surface area contributed by atoms with Crippen molar-refractivity contribution >= 4 is 17.5 Å². The van der Waals surface area contributed by atoms with Gasteiger partial charge in [0.2, 0.25) is 5.91 Å². The van der Waals surface area contributed by atoms with Crippen molar-refractivity contribution in [1.29, 1.82) is 0 Å². The van der Waals surface area contributed by atoms with Crippen LogP contribution in [0.1, 0.15) is 31.2 Å². The first kappa shape index (κ1) is 14.2. The van der Waals surface area contributed by atoms with E-state index in [1.54, 1.807) is 7.11 Å². The second-order valence-corrected chi connectivity index (χ2v) is 5.46. The molecule has 0 atom stereocenters. The molecule has 2 rings (SSSR count). The molecule has 0 heterocycles. The summed E-state index contributed by atoms with van der Waals surface area (Å²) in [5.41, 5.74) is 0.812. The van der Waals surface area contributed by atoms with Crippen LogP contribution in [0.3, 0.4) is 0 Å². The Morgan fingerprint density at radius 2 is 1.95 bits per heavy atom. The molecule has 1 aromatic rings. The summed E-state index contributed by atoms with van der Waals surface area (Å²) >= 11 is 6.02. The summed E-state index contributed by atoms with van der Waals surface area (Å²) in [6.07, 6.45) is 4.67. The highest BCUT2D eigenvalue weighted by Crippen LogP contribution is 2.30. The topological polar surface area (TPSA) is 38.3 Å². The first-order valence-electron chi connectivity index (χ1n) is 6.67. The Kier molecular flexibility index (Phi) is 4.70. The van der Waals surface area contributed by atoms with Crippen molar-refractivity contribution in [3.8, 4) is 5.75 Å². The largest absolute Gasteiger partial charge is 0.497 e. The fourth-order valence-corrected chi connectivity index (χ4v) is 2.95. The number of ether oxygens (including phenoxy) is 1. The predicted molar refractivity (Wildman–Crippen MR) is 76.8 cm³/mol. The van der Waals surface area contributed by atoms with Crippen LogP contribution in [0.15, 0.2) is 24.3 Å². The molecule has 0 radical (unpaired) electrons. The SMILES string of the molecule is COc1ccc(CC(=O)NC2(CCl)CCCC2)cc1. The van der Waals surface area contributed by atoms with Crippen LogP contribution in [-0.4, -0.2) is 24.4 Å². The maximum Gasteiger partial charge on any atom is 0.224 e. The van der Waals surface area contributed by atoms with E-state index in [2.05, 4.69) is 5.32 Å². The lowest BCUT2D eigenvalue weighted by molar-refractivity contribution is -0.122. The van der Waals surface area contributed by atoms with Crippen molar-refractivity contribution in [3.63, 3.8) is 0 Å². The van der Waals surface area contributed by atoms with Gasteiger partial charge in [0.1, 0.15) is 5.75 Å². The lowest BCUT2D eigenvalue weighted by atomic mass is 9.99. The molecule has 4 heteroatoms. The molecule has 104 valence electrons. The third-order valence-corrected chi connectivity index (χ3v) is 4.26. The third kappa shape index (κ3) is 3.63. The number of alkyl halides is 1. The van der Waals surface area contributed by atoms with E-state index >= 15 is 0 Å². The molecule has 0 bridgehead atoms. The number of nitrogens with one attached hydrogen (secondary N) is 1. The molecule has 0 spiro atoms. The van der Waals surface area contributed by atoms with E-state index in [1.807, 2.05) is 24.3 Å². The highest BCUT2D eigenvalue weighted by atomic mass is 35.5. The minimum Gasteiger partial charge on any atom is -0.497 e. The van der Waals surface area contributed by atoms with Crippen LogP contribution >= 0.6 is 11.6 Å². The summed E-state index contributed by atoms with van der Waals surface area (Å²) in [6, 6.07) is 7.58. The van der Waals surface area contributed by atoms with Gasteiger partial charge in [-0.05, 0) is 30.5 Å². The second kappa shape index (κ2) is 6.29. The van der Waals surface area contributed by atoms with Gasteiger partial charge in [-0.25, -0.2) is 0 Å². The van der Waals surface area contributed by atoms with Gasteiger partial charge >= 0.3 is 0 Å². The van der Waals surface area contributed by atoms with Crippen LogP contribution in [-0.2, 0) is 11.2 Å². The monoisotopic (exact) mass is 281 g/mol. The van der Waals surface area contributed by atoms with Crippen LogP contribution in [0.25, 0.3) is 0 Å². The quantitative estimate of drug-likeness (QED) is 0.843. The van der Waals surface area contributed by atoms with E-state index in [9.17, 15) is 4.79 Å². The zero-order valence-corrected chi connectivity index (χ0v) is 12.0. The smallest absolute Gasteiger partial charge is 0.224 e. The van der Waals surface area contributed by atoms with Gasteiger partial charge in [-0.1, -0.05) is 25.0 Å². The van der Waals surface area contributed by atoms with Crippen LogP contribution in [0.5, 0.6) is 5.75 Å². The van der Waals surface area contributed by atoms with E-state index in [-0.39, 0.29) is 11.4 Å². The second-order valence-electron chi connectivity index (χ2n) is 5.19. The average molecular weight is 282 g/mol. The molecule has 3 nitrogen and oxygen atoms in total. The lowest BCUT2D eigenvalue weighted by Crippen LogP contribution is -2.48. The predicted octanol–water partition coefficient (Wildman–Crippen LogP) is 2.91. The van der Waals surface area contributed by atoms with Crippen molar-refractivity contribution in [1.82, 2.24) is 5.32 Å². The standard InChI is InChI=1S/C15H20ClNO2/c1-19-13-6-4-12(5-7-13)10-14(18)17-15(11-16)8-2-3-9-15/h4-7H,2-3,8-11H2,1H3,(H,17,18). The molecule has 1 aliphatic carbocycles.